The van der Waals surface area contributed by atoms with Gasteiger partial charge in [0.15, 0.2) is 0 Å². The fraction of sp³-hybridized carbons (Fsp3) is 0.500. The Balaban J connectivity index is 2.14. The van der Waals surface area contributed by atoms with Crippen molar-refractivity contribution in [2.24, 2.45) is 0 Å². The van der Waals surface area contributed by atoms with E-state index in [0.717, 1.165) is 31.7 Å². The van der Waals surface area contributed by atoms with Crippen molar-refractivity contribution in [1.82, 2.24) is 10.2 Å². The number of nitro benzene ring substituents is 1. The van der Waals surface area contributed by atoms with Crippen LogP contribution in [0.3, 0.4) is 0 Å². The van der Waals surface area contributed by atoms with Gasteiger partial charge in [-0.05, 0) is 28.4 Å². The topological polar surface area (TPSA) is 58.4 Å². The third kappa shape index (κ3) is 3.07. The van der Waals surface area contributed by atoms with Gasteiger partial charge in [-0.15, -0.1) is 0 Å². The molecule has 1 aliphatic rings. The molecule has 1 atom stereocenters. The second-order valence-electron chi connectivity index (χ2n) is 4.60. The van der Waals surface area contributed by atoms with Crippen molar-refractivity contribution < 1.29 is 4.92 Å². The average molecular weight is 314 g/mol. The summed E-state index contributed by atoms with van der Waals surface area (Å²) in [4.78, 5) is 12.8. The zero-order chi connectivity index (χ0) is 13.1. The van der Waals surface area contributed by atoms with E-state index < -0.39 is 0 Å². The number of rotatable bonds is 3. The molecule has 6 heteroatoms. The van der Waals surface area contributed by atoms with E-state index in [-0.39, 0.29) is 10.6 Å². The van der Waals surface area contributed by atoms with Crippen molar-refractivity contribution in [2.75, 3.05) is 19.6 Å². The minimum atomic E-state index is -0.353. The summed E-state index contributed by atoms with van der Waals surface area (Å²) in [6, 6.07) is 5.66. The van der Waals surface area contributed by atoms with E-state index in [9.17, 15) is 10.1 Å². The molecule has 0 unspecified atom stereocenters. The van der Waals surface area contributed by atoms with Gasteiger partial charge in [-0.2, -0.15) is 0 Å². The lowest BCUT2D eigenvalue weighted by Gasteiger charge is -2.31. The molecular weight excluding hydrogens is 298 g/mol. The molecule has 5 nitrogen and oxygen atoms in total. The third-order valence-electron chi connectivity index (χ3n) is 3.10. The molecule has 0 spiro atoms. The van der Waals surface area contributed by atoms with Gasteiger partial charge in [0.2, 0.25) is 0 Å². The number of hydrogen-bond acceptors (Lipinski definition) is 4. The quantitative estimate of drug-likeness (QED) is 0.686. The van der Waals surface area contributed by atoms with Crippen LogP contribution in [0.25, 0.3) is 0 Å². The lowest BCUT2D eigenvalue weighted by molar-refractivity contribution is -0.385. The van der Waals surface area contributed by atoms with Gasteiger partial charge in [0.1, 0.15) is 0 Å². The monoisotopic (exact) mass is 313 g/mol. The first-order valence-corrected chi connectivity index (χ1v) is 6.74. The number of nitro groups is 1. The summed E-state index contributed by atoms with van der Waals surface area (Å²) in [6.45, 7) is 5.80. The number of nitrogens with one attached hydrogen (secondary N) is 1. The molecule has 1 aromatic carbocycles. The summed E-state index contributed by atoms with van der Waals surface area (Å²) in [5, 5.41) is 14.3. The van der Waals surface area contributed by atoms with Gasteiger partial charge in [-0.1, -0.05) is 12.1 Å². The zero-order valence-corrected chi connectivity index (χ0v) is 11.8. The van der Waals surface area contributed by atoms with E-state index in [2.05, 4.69) is 33.1 Å². The molecular formula is C12H16BrN3O2. The third-order valence-corrected chi connectivity index (χ3v) is 4.02. The Kier molecular flexibility index (Phi) is 4.31. The van der Waals surface area contributed by atoms with Crippen LogP contribution >= 0.6 is 15.9 Å². The molecule has 1 aliphatic heterocycles. The van der Waals surface area contributed by atoms with E-state index in [1.807, 2.05) is 6.07 Å². The molecule has 1 aromatic rings. The van der Waals surface area contributed by atoms with Crippen molar-refractivity contribution in [3.8, 4) is 0 Å². The van der Waals surface area contributed by atoms with Crippen LogP contribution in [0.4, 0.5) is 5.69 Å². The van der Waals surface area contributed by atoms with Crippen LogP contribution in [0.2, 0.25) is 0 Å². The van der Waals surface area contributed by atoms with Crippen LogP contribution in [0.5, 0.6) is 0 Å². The van der Waals surface area contributed by atoms with Gasteiger partial charge in [0.25, 0.3) is 5.69 Å². The maximum absolute atomic E-state index is 10.9. The normalized spacial score (nSPS) is 20.9. The molecule has 18 heavy (non-hydrogen) atoms. The summed E-state index contributed by atoms with van der Waals surface area (Å²) in [7, 11) is 0. The van der Waals surface area contributed by atoms with Crippen molar-refractivity contribution in [2.45, 2.75) is 19.5 Å². The van der Waals surface area contributed by atoms with Crippen LogP contribution in [0, 0.1) is 10.1 Å². The number of nitrogens with zero attached hydrogens (tertiary/aromatic N) is 2. The smallest absolute Gasteiger partial charge is 0.283 e. The Morgan fingerprint density at radius 1 is 1.61 bits per heavy atom. The summed E-state index contributed by atoms with van der Waals surface area (Å²) >= 11 is 3.34. The number of halogens is 1. The number of benzene rings is 1. The Bertz CT molecular complexity index is 453. The molecule has 0 bridgehead atoms. The predicted molar refractivity (Wildman–Crippen MR) is 73.5 cm³/mol. The van der Waals surface area contributed by atoms with Gasteiger partial charge >= 0.3 is 0 Å². The Labute approximate surface area is 114 Å². The standard InChI is InChI=1S/C12H16BrN3O2/c1-9-7-15(6-5-14-9)8-10-3-2-4-11(12(10)13)16(17)18/h2-4,9,14H,5-8H2,1H3/t9-/m0/s1. The maximum Gasteiger partial charge on any atom is 0.283 e. The molecule has 1 saturated heterocycles. The van der Waals surface area contributed by atoms with E-state index in [1.54, 1.807) is 6.07 Å². The van der Waals surface area contributed by atoms with E-state index in [1.165, 1.54) is 6.07 Å². The largest absolute Gasteiger partial charge is 0.312 e. The van der Waals surface area contributed by atoms with Gasteiger partial charge < -0.3 is 5.32 Å². The second kappa shape index (κ2) is 5.77. The summed E-state index contributed by atoms with van der Waals surface area (Å²) in [6.07, 6.45) is 0. The van der Waals surface area contributed by atoms with Crippen LogP contribution in [-0.4, -0.2) is 35.5 Å². The predicted octanol–water partition coefficient (Wildman–Crippen LogP) is 2.15. The molecule has 0 aromatic heterocycles. The maximum atomic E-state index is 10.9. The minimum absolute atomic E-state index is 0.135. The van der Waals surface area contributed by atoms with Gasteiger partial charge in [0.05, 0.1) is 9.40 Å². The Morgan fingerprint density at radius 2 is 2.39 bits per heavy atom. The van der Waals surface area contributed by atoms with Gasteiger partial charge in [0, 0.05) is 38.3 Å². The molecule has 1 heterocycles. The summed E-state index contributed by atoms with van der Waals surface area (Å²) in [5.74, 6) is 0. The highest BCUT2D eigenvalue weighted by Gasteiger charge is 2.19. The fourth-order valence-corrected chi connectivity index (χ4v) is 2.76. The zero-order valence-electron chi connectivity index (χ0n) is 10.2. The van der Waals surface area contributed by atoms with E-state index in [4.69, 9.17) is 0 Å². The lowest BCUT2D eigenvalue weighted by Crippen LogP contribution is -2.48. The summed E-state index contributed by atoms with van der Waals surface area (Å²) in [5.41, 5.74) is 1.11. The van der Waals surface area contributed by atoms with Crippen LogP contribution in [0.15, 0.2) is 22.7 Å². The van der Waals surface area contributed by atoms with Crippen molar-refractivity contribution in [3.63, 3.8) is 0 Å². The van der Waals surface area contributed by atoms with Crippen LogP contribution in [0.1, 0.15) is 12.5 Å². The van der Waals surface area contributed by atoms with Crippen molar-refractivity contribution in [3.05, 3.63) is 38.3 Å². The van der Waals surface area contributed by atoms with E-state index in [0.29, 0.717) is 10.5 Å². The molecule has 1 fully saturated rings. The molecule has 0 radical (unpaired) electrons. The molecule has 1 N–H and O–H groups in total. The SMILES string of the molecule is C[C@H]1CN(Cc2cccc([N+](=O)[O-])c2Br)CCN1. The molecule has 0 aliphatic carbocycles. The second-order valence-corrected chi connectivity index (χ2v) is 5.39. The molecule has 2 rings (SSSR count). The van der Waals surface area contributed by atoms with Crippen molar-refractivity contribution in [1.29, 1.82) is 0 Å². The Morgan fingerprint density at radius 3 is 3.06 bits per heavy atom. The molecule has 0 saturated carbocycles. The highest BCUT2D eigenvalue weighted by atomic mass is 79.9. The first-order valence-electron chi connectivity index (χ1n) is 5.95. The van der Waals surface area contributed by atoms with Gasteiger partial charge in [-0.25, -0.2) is 0 Å². The van der Waals surface area contributed by atoms with E-state index >= 15 is 0 Å². The highest BCUT2D eigenvalue weighted by Crippen LogP contribution is 2.29. The fourth-order valence-electron chi connectivity index (χ4n) is 2.23. The van der Waals surface area contributed by atoms with Crippen molar-refractivity contribution >= 4 is 21.6 Å². The molecule has 98 valence electrons. The number of hydrogen-bond donors (Lipinski definition) is 1. The average Bonchev–Trinajstić information content (AvgIpc) is 2.31. The minimum Gasteiger partial charge on any atom is -0.312 e. The lowest BCUT2D eigenvalue weighted by atomic mass is 10.1. The van der Waals surface area contributed by atoms with Crippen LogP contribution < -0.4 is 5.32 Å². The van der Waals surface area contributed by atoms with Gasteiger partial charge in [-0.3, -0.25) is 15.0 Å². The summed E-state index contributed by atoms with van der Waals surface area (Å²) < 4.78 is 0.598. The first-order chi connectivity index (χ1) is 8.58. The molecule has 0 amide bonds. The highest BCUT2D eigenvalue weighted by molar-refractivity contribution is 9.10. The Hall–Kier alpha value is -0.980. The first kappa shape index (κ1) is 13.5. The number of piperazine rings is 1. The van der Waals surface area contributed by atoms with Crippen LogP contribution in [-0.2, 0) is 6.54 Å².